The highest BCUT2D eigenvalue weighted by Gasteiger charge is 2.18. The molecule has 184 valence electrons. The molecule has 2 aromatic heterocycles. The van der Waals surface area contributed by atoms with Gasteiger partial charge in [-0.3, -0.25) is 4.79 Å². The fraction of sp³-hybridized carbons (Fsp3) is 0.304. The Bertz CT molecular complexity index is 1180. The normalized spacial score (nSPS) is 12.9. The minimum absolute atomic E-state index is 0.0785. The number of aromatic nitrogens is 2. The van der Waals surface area contributed by atoms with Crippen LogP contribution in [0.5, 0.6) is 0 Å². The van der Waals surface area contributed by atoms with E-state index in [1.54, 1.807) is 6.20 Å². The van der Waals surface area contributed by atoms with Gasteiger partial charge >= 0.3 is 6.03 Å². The molecule has 0 atom stereocenters. The quantitative estimate of drug-likeness (QED) is 0.229. The zero-order valence-corrected chi connectivity index (χ0v) is 22.8. The van der Waals surface area contributed by atoms with E-state index in [1.165, 1.54) is 11.3 Å². The molecule has 1 saturated heterocycles. The van der Waals surface area contributed by atoms with Gasteiger partial charge in [-0.1, -0.05) is 6.07 Å². The monoisotopic (exact) mass is 621 g/mol. The van der Waals surface area contributed by atoms with Crippen LogP contribution in [-0.2, 0) is 0 Å². The number of urea groups is 1. The summed E-state index contributed by atoms with van der Waals surface area (Å²) in [6.45, 7) is 2.76. The summed E-state index contributed by atoms with van der Waals surface area (Å²) in [7, 11) is 0. The number of nitrogens with one attached hydrogen (secondary N) is 4. The van der Waals surface area contributed by atoms with Crippen LogP contribution in [0.1, 0.15) is 28.9 Å². The SMILES string of the molecule is O=C(NCCCNc1nc(Nc2cccc(NC(=O)N3CCCC3)c2)ncc1Br)c1sccc1Br. The molecular weight excluding hydrogens is 598 g/mol. The molecule has 3 amide bonds. The van der Waals surface area contributed by atoms with Crippen molar-refractivity contribution >= 4 is 78.3 Å². The molecule has 0 aliphatic carbocycles. The molecule has 1 aliphatic rings. The summed E-state index contributed by atoms with van der Waals surface area (Å²) >= 11 is 8.25. The number of hydrogen-bond acceptors (Lipinski definition) is 7. The minimum atomic E-state index is -0.0829. The van der Waals surface area contributed by atoms with Gasteiger partial charge in [0.1, 0.15) is 10.7 Å². The molecule has 9 nitrogen and oxygen atoms in total. The summed E-state index contributed by atoms with van der Waals surface area (Å²) in [5.74, 6) is 0.989. The zero-order valence-electron chi connectivity index (χ0n) is 18.8. The van der Waals surface area contributed by atoms with E-state index in [2.05, 4.69) is 63.1 Å². The van der Waals surface area contributed by atoms with Crippen LogP contribution in [-0.4, -0.2) is 53.0 Å². The van der Waals surface area contributed by atoms with Crippen LogP contribution in [0.2, 0.25) is 0 Å². The van der Waals surface area contributed by atoms with Crippen LogP contribution >= 0.6 is 43.2 Å². The number of rotatable bonds is 9. The Kier molecular flexibility index (Phi) is 8.94. The van der Waals surface area contributed by atoms with E-state index in [1.807, 2.05) is 40.6 Å². The number of amides is 3. The van der Waals surface area contributed by atoms with Crippen molar-refractivity contribution in [1.29, 1.82) is 0 Å². The Balaban J connectivity index is 1.27. The predicted molar refractivity (Wildman–Crippen MR) is 147 cm³/mol. The van der Waals surface area contributed by atoms with E-state index in [0.29, 0.717) is 35.4 Å². The van der Waals surface area contributed by atoms with Gasteiger partial charge < -0.3 is 26.2 Å². The number of thiophene rings is 1. The molecule has 4 N–H and O–H groups in total. The van der Waals surface area contributed by atoms with Crippen molar-refractivity contribution in [2.75, 3.05) is 42.1 Å². The molecule has 1 fully saturated rings. The van der Waals surface area contributed by atoms with Crippen LogP contribution in [0.4, 0.5) is 27.9 Å². The second-order valence-electron chi connectivity index (χ2n) is 7.85. The van der Waals surface area contributed by atoms with E-state index >= 15 is 0 Å². The average Bonchev–Trinajstić information content (AvgIpc) is 3.53. The smallest absolute Gasteiger partial charge is 0.321 e. The third-order valence-electron chi connectivity index (χ3n) is 5.26. The molecule has 1 aromatic carbocycles. The van der Waals surface area contributed by atoms with Crippen molar-refractivity contribution in [3.8, 4) is 0 Å². The van der Waals surface area contributed by atoms with Gasteiger partial charge in [0.25, 0.3) is 5.91 Å². The predicted octanol–water partition coefficient (Wildman–Crippen LogP) is 5.67. The molecule has 0 spiro atoms. The first-order chi connectivity index (χ1) is 17.0. The maximum Gasteiger partial charge on any atom is 0.321 e. The summed E-state index contributed by atoms with van der Waals surface area (Å²) in [6.07, 6.45) is 4.50. The standard InChI is InChI=1S/C23H25Br2N7O2S/c24-17-7-12-35-19(17)21(33)27-9-4-8-26-20-18(25)14-28-22(31-20)29-15-5-3-6-16(13-15)30-23(34)32-10-1-2-11-32/h3,5-7,12-14H,1-2,4,8-11H2,(H,27,33)(H,30,34)(H2,26,28,29,31). The van der Waals surface area contributed by atoms with Gasteiger partial charge in [0.2, 0.25) is 5.95 Å². The van der Waals surface area contributed by atoms with Gasteiger partial charge in [-0.25, -0.2) is 9.78 Å². The second kappa shape index (κ2) is 12.3. The molecule has 35 heavy (non-hydrogen) atoms. The molecule has 0 bridgehead atoms. The number of nitrogens with zero attached hydrogens (tertiary/aromatic N) is 3. The van der Waals surface area contributed by atoms with Crippen LogP contribution in [0.3, 0.4) is 0 Å². The fourth-order valence-electron chi connectivity index (χ4n) is 3.51. The molecule has 0 radical (unpaired) electrons. The molecule has 12 heteroatoms. The van der Waals surface area contributed by atoms with E-state index < -0.39 is 0 Å². The number of carbonyl (C=O) groups is 2. The first-order valence-corrected chi connectivity index (χ1v) is 13.7. The van der Waals surface area contributed by atoms with E-state index in [4.69, 9.17) is 0 Å². The number of anilines is 4. The number of benzene rings is 1. The molecule has 3 aromatic rings. The van der Waals surface area contributed by atoms with Gasteiger partial charge in [0.05, 0.1) is 4.47 Å². The van der Waals surface area contributed by atoms with Crippen molar-refractivity contribution in [2.45, 2.75) is 19.3 Å². The summed E-state index contributed by atoms with van der Waals surface area (Å²) in [6, 6.07) is 9.23. The van der Waals surface area contributed by atoms with Crippen molar-refractivity contribution in [2.24, 2.45) is 0 Å². The zero-order chi connectivity index (χ0) is 24.6. The van der Waals surface area contributed by atoms with E-state index in [9.17, 15) is 9.59 Å². The van der Waals surface area contributed by atoms with Gasteiger partial charge in [-0.05, 0) is 80.8 Å². The van der Waals surface area contributed by atoms with Gasteiger partial charge in [0, 0.05) is 48.2 Å². The largest absolute Gasteiger partial charge is 0.369 e. The van der Waals surface area contributed by atoms with Gasteiger partial charge in [0.15, 0.2) is 0 Å². The lowest BCUT2D eigenvalue weighted by atomic mass is 10.3. The van der Waals surface area contributed by atoms with E-state index in [-0.39, 0.29) is 11.9 Å². The summed E-state index contributed by atoms with van der Waals surface area (Å²) < 4.78 is 1.55. The number of halogens is 2. The van der Waals surface area contributed by atoms with Crippen LogP contribution in [0.15, 0.2) is 50.9 Å². The average molecular weight is 623 g/mol. The molecule has 1 aliphatic heterocycles. The molecule has 4 rings (SSSR count). The Labute approximate surface area is 224 Å². The van der Waals surface area contributed by atoms with Crippen molar-refractivity contribution < 1.29 is 9.59 Å². The first kappa shape index (κ1) is 25.4. The Hall–Kier alpha value is -2.70. The third-order valence-corrected chi connectivity index (χ3v) is 7.68. The van der Waals surface area contributed by atoms with Crippen LogP contribution in [0.25, 0.3) is 0 Å². The lowest BCUT2D eigenvalue weighted by Crippen LogP contribution is -2.32. The molecular formula is C23H25Br2N7O2S. The second-order valence-corrected chi connectivity index (χ2v) is 10.5. The number of likely N-dealkylation sites (tertiary alicyclic amines) is 1. The topological polar surface area (TPSA) is 111 Å². The third kappa shape index (κ3) is 7.15. The lowest BCUT2D eigenvalue weighted by Gasteiger charge is -2.16. The summed E-state index contributed by atoms with van der Waals surface area (Å²) in [4.78, 5) is 35.9. The van der Waals surface area contributed by atoms with Crippen molar-refractivity contribution in [3.63, 3.8) is 0 Å². The molecule has 0 unspecified atom stereocenters. The fourth-order valence-corrected chi connectivity index (χ4v) is 5.31. The Morgan fingerprint density at radius 2 is 1.86 bits per heavy atom. The lowest BCUT2D eigenvalue weighted by molar-refractivity contribution is 0.0957. The van der Waals surface area contributed by atoms with Gasteiger partial charge in [-0.2, -0.15) is 4.98 Å². The number of hydrogen-bond donors (Lipinski definition) is 4. The number of carbonyl (C=O) groups excluding carboxylic acids is 2. The first-order valence-electron chi connectivity index (χ1n) is 11.2. The van der Waals surface area contributed by atoms with Crippen molar-refractivity contribution in [3.05, 3.63) is 55.7 Å². The van der Waals surface area contributed by atoms with Gasteiger partial charge in [-0.15, -0.1) is 11.3 Å². The maximum absolute atomic E-state index is 12.4. The van der Waals surface area contributed by atoms with Crippen LogP contribution in [0, 0.1) is 0 Å². The maximum atomic E-state index is 12.4. The Morgan fingerprint density at radius 1 is 1.06 bits per heavy atom. The molecule has 3 heterocycles. The van der Waals surface area contributed by atoms with Crippen LogP contribution < -0.4 is 21.3 Å². The summed E-state index contributed by atoms with van der Waals surface area (Å²) in [5, 5.41) is 14.2. The highest BCUT2D eigenvalue weighted by Crippen LogP contribution is 2.24. The highest BCUT2D eigenvalue weighted by molar-refractivity contribution is 9.11. The minimum Gasteiger partial charge on any atom is -0.369 e. The highest BCUT2D eigenvalue weighted by atomic mass is 79.9. The van der Waals surface area contributed by atoms with E-state index in [0.717, 1.165) is 47.0 Å². The summed E-state index contributed by atoms with van der Waals surface area (Å²) in [5.41, 5.74) is 1.47. The molecule has 0 saturated carbocycles. The van der Waals surface area contributed by atoms with Crippen molar-refractivity contribution in [1.82, 2.24) is 20.2 Å². The Morgan fingerprint density at radius 3 is 2.63 bits per heavy atom.